The Hall–Kier alpha value is -1.93. The van der Waals surface area contributed by atoms with E-state index in [0.717, 1.165) is 38.5 Å². The predicted octanol–water partition coefficient (Wildman–Crippen LogP) is 3.10. The topological polar surface area (TPSA) is 92.8 Å². The van der Waals surface area contributed by atoms with Crippen molar-refractivity contribution >= 4 is 21.9 Å². The molecule has 3 rings (SSSR count). The van der Waals surface area contributed by atoms with Gasteiger partial charge in [-0.25, -0.2) is 13.2 Å². The van der Waals surface area contributed by atoms with Gasteiger partial charge in [-0.15, -0.1) is 0 Å². The number of nitrogens with zero attached hydrogens (tertiary/aromatic N) is 1. The fraction of sp³-hybridized carbons (Fsp3) is 0.636. The highest BCUT2D eigenvalue weighted by molar-refractivity contribution is 7.89. The van der Waals surface area contributed by atoms with Gasteiger partial charge < -0.3 is 10.1 Å². The van der Waals surface area contributed by atoms with Gasteiger partial charge in [0.15, 0.2) is 6.10 Å². The fourth-order valence-electron chi connectivity index (χ4n) is 4.15. The molecule has 166 valence electrons. The molecule has 1 N–H and O–H groups in total. The van der Waals surface area contributed by atoms with Crippen LogP contribution in [0.15, 0.2) is 29.2 Å². The van der Waals surface area contributed by atoms with E-state index in [1.54, 1.807) is 0 Å². The first-order chi connectivity index (χ1) is 14.3. The van der Waals surface area contributed by atoms with Gasteiger partial charge in [-0.3, -0.25) is 4.79 Å². The minimum Gasteiger partial charge on any atom is -0.449 e. The lowest BCUT2D eigenvalue weighted by molar-refractivity contribution is -0.130. The Morgan fingerprint density at radius 2 is 1.80 bits per heavy atom. The van der Waals surface area contributed by atoms with Crippen LogP contribution < -0.4 is 5.32 Å². The van der Waals surface area contributed by atoms with E-state index in [9.17, 15) is 18.0 Å². The summed E-state index contributed by atoms with van der Waals surface area (Å²) < 4.78 is 32.5. The zero-order valence-electron chi connectivity index (χ0n) is 17.8. The van der Waals surface area contributed by atoms with Crippen molar-refractivity contribution in [2.45, 2.75) is 75.8 Å². The molecule has 0 spiro atoms. The highest BCUT2D eigenvalue weighted by atomic mass is 32.2. The van der Waals surface area contributed by atoms with Gasteiger partial charge >= 0.3 is 5.97 Å². The molecule has 8 heteroatoms. The predicted molar refractivity (Wildman–Crippen MR) is 113 cm³/mol. The molecule has 1 aliphatic heterocycles. The first-order valence-electron chi connectivity index (χ1n) is 10.9. The van der Waals surface area contributed by atoms with Crippen LogP contribution in [0.25, 0.3) is 0 Å². The van der Waals surface area contributed by atoms with Crippen LogP contribution in [0, 0.1) is 5.92 Å². The third kappa shape index (κ3) is 5.40. The zero-order valence-corrected chi connectivity index (χ0v) is 18.6. The Balaban J connectivity index is 1.63. The number of carbonyl (C=O) groups excluding carboxylic acids is 2. The Bertz CT molecular complexity index is 864. The molecule has 0 unspecified atom stereocenters. The first-order valence-corrected chi connectivity index (χ1v) is 12.3. The number of hydrogen-bond donors (Lipinski definition) is 1. The molecule has 0 aromatic heterocycles. The van der Waals surface area contributed by atoms with Gasteiger partial charge in [-0.05, 0) is 56.7 Å². The average Bonchev–Trinajstić information content (AvgIpc) is 2.76. The number of piperidine rings is 1. The van der Waals surface area contributed by atoms with Crippen molar-refractivity contribution in [3.63, 3.8) is 0 Å². The van der Waals surface area contributed by atoms with Crippen molar-refractivity contribution < 1.29 is 22.7 Å². The minimum absolute atomic E-state index is 0.0759. The lowest BCUT2D eigenvalue weighted by Gasteiger charge is -2.30. The summed E-state index contributed by atoms with van der Waals surface area (Å²) in [5.41, 5.74) is 0.124. The second-order valence-corrected chi connectivity index (χ2v) is 10.4. The van der Waals surface area contributed by atoms with Crippen LogP contribution in [0.3, 0.4) is 0 Å². The molecule has 0 radical (unpaired) electrons. The van der Waals surface area contributed by atoms with E-state index in [0.29, 0.717) is 19.0 Å². The van der Waals surface area contributed by atoms with Crippen LogP contribution in [0.1, 0.15) is 69.2 Å². The molecule has 0 bridgehead atoms. The van der Waals surface area contributed by atoms with E-state index >= 15 is 0 Å². The summed E-state index contributed by atoms with van der Waals surface area (Å²) in [5, 5.41) is 2.99. The second-order valence-electron chi connectivity index (χ2n) is 8.42. The molecule has 1 heterocycles. The number of nitrogens with one attached hydrogen (secondary N) is 1. The van der Waals surface area contributed by atoms with Gasteiger partial charge in [0.1, 0.15) is 0 Å². The highest BCUT2D eigenvalue weighted by Crippen LogP contribution is 2.24. The number of sulfonamides is 1. The summed E-state index contributed by atoms with van der Waals surface area (Å²) in [7, 11) is -3.64. The van der Waals surface area contributed by atoms with Crippen LogP contribution in [-0.2, 0) is 19.6 Å². The molecular weight excluding hydrogens is 404 g/mol. The Kier molecular flexibility index (Phi) is 7.52. The number of rotatable bonds is 6. The van der Waals surface area contributed by atoms with Crippen LogP contribution in [0.2, 0.25) is 0 Å². The van der Waals surface area contributed by atoms with Gasteiger partial charge in [0.25, 0.3) is 5.91 Å². The van der Waals surface area contributed by atoms with Gasteiger partial charge in [0, 0.05) is 19.1 Å². The molecule has 1 saturated carbocycles. The van der Waals surface area contributed by atoms with E-state index < -0.39 is 22.1 Å². The number of amides is 1. The zero-order chi connectivity index (χ0) is 21.7. The SMILES string of the molecule is C[C@@H]1CCCC[C@H]1NC(=O)[C@@H](C)OC(=O)c1cccc(S(=O)(=O)N2CCCCC2)c1. The maximum Gasteiger partial charge on any atom is 0.338 e. The van der Waals surface area contributed by atoms with Crippen molar-refractivity contribution in [2.24, 2.45) is 5.92 Å². The van der Waals surface area contributed by atoms with Crippen LogP contribution in [0.4, 0.5) is 0 Å². The normalized spacial score (nSPS) is 24.1. The summed E-state index contributed by atoms with van der Waals surface area (Å²) in [4.78, 5) is 25.1. The smallest absolute Gasteiger partial charge is 0.338 e. The van der Waals surface area contributed by atoms with Gasteiger partial charge in [0.05, 0.1) is 10.5 Å². The van der Waals surface area contributed by atoms with Crippen molar-refractivity contribution in [3.05, 3.63) is 29.8 Å². The quantitative estimate of drug-likeness (QED) is 0.692. The lowest BCUT2D eigenvalue weighted by atomic mass is 9.86. The molecule has 1 saturated heterocycles. The second kappa shape index (κ2) is 9.92. The lowest BCUT2D eigenvalue weighted by Crippen LogP contribution is -2.46. The van der Waals surface area contributed by atoms with Crippen molar-refractivity contribution in [3.8, 4) is 0 Å². The van der Waals surface area contributed by atoms with Crippen molar-refractivity contribution in [1.82, 2.24) is 9.62 Å². The summed E-state index contributed by atoms with van der Waals surface area (Å²) in [5.74, 6) is -0.619. The molecule has 7 nitrogen and oxygen atoms in total. The van der Waals surface area contributed by atoms with E-state index in [1.165, 1.54) is 41.9 Å². The van der Waals surface area contributed by atoms with Gasteiger partial charge in [-0.2, -0.15) is 4.31 Å². The third-order valence-electron chi connectivity index (χ3n) is 6.11. The molecule has 2 fully saturated rings. The maximum absolute atomic E-state index is 12.9. The summed E-state index contributed by atoms with van der Waals surface area (Å²) in [6.45, 7) is 4.64. The van der Waals surface area contributed by atoms with Gasteiger partial charge in [-0.1, -0.05) is 32.3 Å². The van der Waals surface area contributed by atoms with Crippen LogP contribution >= 0.6 is 0 Å². The third-order valence-corrected chi connectivity index (χ3v) is 8.01. The van der Waals surface area contributed by atoms with Gasteiger partial charge in [0.2, 0.25) is 10.0 Å². The number of carbonyl (C=O) groups is 2. The Labute approximate surface area is 179 Å². The molecular formula is C22H32N2O5S. The molecule has 30 heavy (non-hydrogen) atoms. The van der Waals surface area contributed by atoms with E-state index in [2.05, 4.69) is 12.2 Å². The molecule has 3 atom stereocenters. The Morgan fingerprint density at radius 3 is 2.50 bits per heavy atom. The molecule has 2 aliphatic rings. The summed E-state index contributed by atoms with van der Waals surface area (Å²) in [6, 6.07) is 5.96. The highest BCUT2D eigenvalue weighted by Gasteiger charge is 2.28. The average molecular weight is 437 g/mol. The molecule has 1 aromatic rings. The number of esters is 1. The standard InChI is InChI=1S/C22H32N2O5S/c1-16-9-4-5-12-20(16)23-21(25)17(2)29-22(26)18-10-8-11-19(15-18)30(27,28)24-13-6-3-7-14-24/h8,10-11,15-17,20H,3-7,9,12-14H2,1-2H3,(H,23,25)/t16-,17-,20-/m1/s1. The van der Waals surface area contributed by atoms with E-state index in [4.69, 9.17) is 4.74 Å². The first kappa shape index (κ1) is 22.7. The van der Waals surface area contributed by atoms with Crippen LogP contribution in [-0.4, -0.2) is 49.8 Å². The maximum atomic E-state index is 12.9. The molecule has 1 aliphatic carbocycles. The summed E-state index contributed by atoms with van der Waals surface area (Å²) >= 11 is 0. The largest absolute Gasteiger partial charge is 0.449 e. The van der Waals surface area contributed by atoms with E-state index in [1.807, 2.05) is 0 Å². The number of ether oxygens (including phenoxy) is 1. The van der Waals surface area contributed by atoms with Crippen molar-refractivity contribution in [2.75, 3.05) is 13.1 Å². The number of hydrogen-bond acceptors (Lipinski definition) is 5. The van der Waals surface area contributed by atoms with Crippen LogP contribution in [0.5, 0.6) is 0 Å². The van der Waals surface area contributed by atoms with Crippen molar-refractivity contribution in [1.29, 1.82) is 0 Å². The molecule has 1 amide bonds. The minimum atomic E-state index is -3.64. The van der Waals surface area contributed by atoms with E-state index in [-0.39, 0.29) is 22.4 Å². The number of benzene rings is 1. The summed E-state index contributed by atoms with van der Waals surface area (Å²) in [6.07, 6.45) is 6.03. The fourth-order valence-corrected chi connectivity index (χ4v) is 5.71. The monoisotopic (exact) mass is 436 g/mol. The Morgan fingerprint density at radius 1 is 1.10 bits per heavy atom. The molecule has 1 aromatic carbocycles.